The zero-order chi connectivity index (χ0) is 22.8. The molecule has 1 aliphatic rings. The molecule has 0 saturated heterocycles. The van der Waals surface area contributed by atoms with E-state index in [2.05, 4.69) is 5.32 Å². The predicted octanol–water partition coefficient (Wildman–Crippen LogP) is 5.04. The van der Waals surface area contributed by atoms with E-state index < -0.39 is 6.04 Å². The van der Waals surface area contributed by atoms with E-state index in [1.807, 2.05) is 61.5 Å². The number of nitrogens with one attached hydrogen (secondary N) is 1. The fourth-order valence-corrected chi connectivity index (χ4v) is 5.03. The van der Waals surface area contributed by atoms with Gasteiger partial charge in [0.1, 0.15) is 11.8 Å². The maximum absolute atomic E-state index is 13.3. The summed E-state index contributed by atoms with van der Waals surface area (Å²) < 4.78 is 5.35. The van der Waals surface area contributed by atoms with Crippen LogP contribution in [-0.2, 0) is 16.1 Å². The van der Waals surface area contributed by atoms with Crippen molar-refractivity contribution < 1.29 is 14.3 Å². The first-order valence-electron chi connectivity index (χ1n) is 11.5. The Bertz CT molecular complexity index is 868. The molecule has 2 amide bonds. The van der Waals surface area contributed by atoms with E-state index in [-0.39, 0.29) is 17.9 Å². The van der Waals surface area contributed by atoms with Crippen molar-refractivity contribution in [3.8, 4) is 5.75 Å². The molecule has 6 heteroatoms. The summed E-state index contributed by atoms with van der Waals surface area (Å²) in [6.07, 6.45) is 5.34. The topological polar surface area (TPSA) is 58.6 Å². The lowest BCUT2D eigenvalue weighted by Gasteiger charge is -2.31. The quantitative estimate of drug-likeness (QED) is 0.483. The Balaban J connectivity index is 1.71. The van der Waals surface area contributed by atoms with Crippen molar-refractivity contribution in [1.82, 2.24) is 10.2 Å². The molecule has 0 unspecified atom stereocenters. The van der Waals surface area contributed by atoms with E-state index in [4.69, 9.17) is 4.74 Å². The lowest BCUT2D eigenvalue weighted by molar-refractivity contribution is -0.141. The molecule has 0 radical (unpaired) electrons. The van der Waals surface area contributed by atoms with Gasteiger partial charge in [0.25, 0.3) is 0 Å². The molecule has 172 valence electrons. The molecule has 0 aliphatic heterocycles. The Labute approximate surface area is 195 Å². The van der Waals surface area contributed by atoms with Crippen LogP contribution in [0.2, 0.25) is 0 Å². The molecule has 0 heterocycles. The lowest BCUT2D eigenvalue weighted by atomic mass is 10.1. The molecule has 3 rings (SSSR count). The van der Waals surface area contributed by atoms with Crippen molar-refractivity contribution in [2.75, 3.05) is 12.9 Å². The molecule has 1 atom stereocenters. The summed E-state index contributed by atoms with van der Waals surface area (Å²) in [5, 5.41) is 3.19. The highest BCUT2D eigenvalue weighted by Gasteiger charge is 2.30. The smallest absolute Gasteiger partial charge is 0.243 e. The summed E-state index contributed by atoms with van der Waals surface area (Å²) in [6.45, 7) is 2.37. The standard InChI is InChI=1S/C26H34N2O3S/c1-3-24(26(30)27-21-11-7-8-12-21)28(19-20-10-9-13-22(18-20)31-2)25(29)16-17-32-23-14-5-4-6-15-23/h4-6,9-10,13-15,18,21,24H,3,7-8,11-12,16-17,19H2,1-2H3,(H,27,30)/t24-/m1/s1. The van der Waals surface area contributed by atoms with Crippen LogP contribution < -0.4 is 10.1 Å². The molecule has 32 heavy (non-hydrogen) atoms. The Morgan fingerprint density at radius 1 is 1.12 bits per heavy atom. The second-order valence-electron chi connectivity index (χ2n) is 8.20. The van der Waals surface area contributed by atoms with Crippen LogP contribution in [-0.4, -0.2) is 41.7 Å². The normalized spacial score (nSPS) is 14.7. The fourth-order valence-electron chi connectivity index (χ4n) is 4.17. The molecule has 1 aliphatic carbocycles. The zero-order valence-electron chi connectivity index (χ0n) is 19.1. The number of hydrogen-bond acceptors (Lipinski definition) is 4. The van der Waals surface area contributed by atoms with Gasteiger partial charge in [-0.2, -0.15) is 0 Å². The van der Waals surface area contributed by atoms with Gasteiger partial charge in [0.2, 0.25) is 11.8 Å². The average Bonchev–Trinajstić information content (AvgIpc) is 3.32. The van der Waals surface area contributed by atoms with Gasteiger partial charge < -0.3 is 15.0 Å². The van der Waals surface area contributed by atoms with Crippen molar-refractivity contribution in [2.45, 2.75) is 69.0 Å². The minimum atomic E-state index is -0.476. The Kier molecular flexibility index (Phi) is 9.47. The number of amides is 2. The van der Waals surface area contributed by atoms with Gasteiger partial charge in [0, 0.05) is 29.7 Å². The van der Waals surface area contributed by atoms with Crippen molar-refractivity contribution in [1.29, 1.82) is 0 Å². The van der Waals surface area contributed by atoms with Gasteiger partial charge in [-0.05, 0) is 49.1 Å². The van der Waals surface area contributed by atoms with Crippen LogP contribution in [0.4, 0.5) is 0 Å². The number of thioether (sulfide) groups is 1. The largest absolute Gasteiger partial charge is 0.497 e. The number of carbonyl (C=O) groups is 2. The monoisotopic (exact) mass is 454 g/mol. The Hall–Kier alpha value is -2.47. The number of ether oxygens (including phenoxy) is 1. The van der Waals surface area contributed by atoms with Crippen molar-refractivity contribution >= 4 is 23.6 Å². The van der Waals surface area contributed by atoms with Crippen molar-refractivity contribution in [2.24, 2.45) is 0 Å². The molecule has 0 spiro atoms. The highest BCUT2D eigenvalue weighted by Crippen LogP contribution is 2.22. The molecule has 0 bridgehead atoms. The van der Waals surface area contributed by atoms with Crippen LogP contribution in [0.5, 0.6) is 5.75 Å². The number of rotatable bonds is 11. The van der Waals surface area contributed by atoms with E-state index in [0.717, 1.165) is 41.9 Å². The second kappa shape index (κ2) is 12.5. The number of hydrogen-bond donors (Lipinski definition) is 1. The third-order valence-electron chi connectivity index (χ3n) is 5.90. The molecule has 1 saturated carbocycles. The number of nitrogens with zero attached hydrogens (tertiary/aromatic N) is 1. The predicted molar refractivity (Wildman–Crippen MR) is 130 cm³/mol. The number of benzene rings is 2. The molecular weight excluding hydrogens is 420 g/mol. The molecule has 2 aromatic carbocycles. The minimum Gasteiger partial charge on any atom is -0.497 e. The third-order valence-corrected chi connectivity index (χ3v) is 6.92. The third kappa shape index (κ3) is 7.02. The summed E-state index contributed by atoms with van der Waals surface area (Å²) in [5.74, 6) is 1.40. The van der Waals surface area contributed by atoms with Gasteiger partial charge >= 0.3 is 0 Å². The summed E-state index contributed by atoms with van der Waals surface area (Å²) in [7, 11) is 1.63. The van der Waals surface area contributed by atoms with Crippen LogP contribution in [0.15, 0.2) is 59.5 Å². The fraction of sp³-hybridized carbons (Fsp3) is 0.462. The van der Waals surface area contributed by atoms with Crippen LogP contribution in [0.3, 0.4) is 0 Å². The Morgan fingerprint density at radius 3 is 2.56 bits per heavy atom. The molecule has 2 aromatic rings. The van der Waals surface area contributed by atoms with E-state index in [0.29, 0.717) is 25.1 Å². The molecule has 1 N–H and O–H groups in total. The molecular formula is C26H34N2O3S. The van der Waals surface area contributed by atoms with Crippen LogP contribution >= 0.6 is 11.8 Å². The van der Waals surface area contributed by atoms with Crippen molar-refractivity contribution in [3.05, 3.63) is 60.2 Å². The molecule has 1 fully saturated rings. The maximum atomic E-state index is 13.3. The summed E-state index contributed by atoms with van der Waals surface area (Å²) in [4.78, 5) is 29.4. The first-order valence-corrected chi connectivity index (χ1v) is 12.5. The van der Waals surface area contributed by atoms with Gasteiger partial charge in [-0.1, -0.05) is 50.1 Å². The zero-order valence-corrected chi connectivity index (χ0v) is 19.9. The average molecular weight is 455 g/mol. The van der Waals surface area contributed by atoms with Crippen LogP contribution in [0.1, 0.15) is 51.0 Å². The Morgan fingerprint density at radius 2 is 1.88 bits per heavy atom. The molecule has 0 aromatic heterocycles. The van der Waals surface area contributed by atoms with Crippen LogP contribution in [0, 0.1) is 0 Å². The second-order valence-corrected chi connectivity index (χ2v) is 9.37. The van der Waals surface area contributed by atoms with E-state index in [1.165, 1.54) is 0 Å². The van der Waals surface area contributed by atoms with E-state index in [1.54, 1.807) is 23.8 Å². The summed E-state index contributed by atoms with van der Waals surface area (Å²) >= 11 is 1.66. The van der Waals surface area contributed by atoms with Gasteiger partial charge in [-0.25, -0.2) is 0 Å². The first kappa shape index (κ1) is 24.2. The van der Waals surface area contributed by atoms with Gasteiger partial charge in [0.05, 0.1) is 7.11 Å². The maximum Gasteiger partial charge on any atom is 0.243 e. The highest BCUT2D eigenvalue weighted by molar-refractivity contribution is 7.99. The van der Waals surface area contributed by atoms with Crippen LogP contribution in [0.25, 0.3) is 0 Å². The van der Waals surface area contributed by atoms with Gasteiger partial charge in [-0.3, -0.25) is 9.59 Å². The number of carbonyl (C=O) groups excluding carboxylic acids is 2. The minimum absolute atomic E-state index is 0.00433. The number of methoxy groups -OCH3 is 1. The lowest BCUT2D eigenvalue weighted by Crippen LogP contribution is -2.51. The van der Waals surface area contributed by atoms with Gasteiger partial charge in [0.15, 0.2) is 0 Å². The molecule has 5 nitrogen and oxygen atoms in total. The van der Waals surface area contributed by atoms with Gasteiger partial charge in [-0.15, -0.1) is 11.8 Å². The van der Waals surface area contributed by atoms with Crippen molar-refractivity contribution in [3.63, 3.8) is 0 Å². The van der Waals surface area contributed by atoms with E-state index >= 15 is 0 Å². The summed E-state index contributed by atoms with van der Waals surface area (Å²) in [5.41, 5.74) is 0.959. The van der Waals surface area contributed by atoms with E-state index in [9.17, 15) is 9.59 Å². The SMILES string of the molecule is CC[C@H](C(=O)NC1CCCC1)N(Cc1cccc(OC)c1)C(=O)CCSc1ccccc1. The highest BCUT2D eigenvalue weighted by atomic mass is 32.2. The summed E-state index contributed by atoms with van der Waals surface area (Å²) in [6, 6.07) is 17.6. The first-order chi connectivity index (χ1) is 15.6.